The highest BCUT2D eigenvalue weighted by atomic mass is 16.6. The van der Waals surface area contributed by atoms with Crippen molar-refractivity contribution < 1.29 is 33.4 Å². The monoisotopic (exact) mass is 670 g/mol. The Bertz CT molecular complexity index is 1170. The summed E-state index contributed by atoms with van der Waals surface area (Å²) in [4.78, 5) is 67.7. The Labute approximate surface area is 286 Å². The van der Waals surface area contributed by atoms with Gasteiger partial charge in [-0.3, -0.25) is 19.2 Å². The molecule has 2 N–H and O–H groups in total. The predicted octanol–water partition coefficient (Wildman–Crippen LogP) is 5.36. The van der Waals surface area contributed by atoms with Crippen LogP contribution in [0.3, 0.4) is 0 Å². The maximum absolute atomic E-state index is 13.2. The van der Waals surface area contributed by atoms with E-state index in [0.29, 0.717) is 50.9 Å². The zero-order valence-corrected chi connectivity index (χ0v) is 29.6. The zero-order chi connectivity index (χ0) is 34.9. The van der Waals surface area contributed by atoms with Crippen LogP contribution in [0.5, 0.6) is 0 Å². The van der Waals surface area contributed by atoms with Crippen LogP contribution in [0.1, 0.15) is 110 Å². The number of likely N-dealkylation sites (tertiary alicyclic amines) is 1. The number of hydrogen-bond acceptors (Lipinski definition) is 7. The fourth-order valence-electron chi connectivity index (χ4n) is 6.39. The first kappa shape index (κ1) is 38.8. The predicted molar refractivity (Wildman–Crippen MR) is 184 cm³/mol. The summed E-state index contributed by atoms with van der Waals surface area (Å²) in [6.45, 7) is 9.37. The molecule has 1 saturated heterocycles. The summed E-state index contributed by atoms with van der Waals surface area (Å²) in [5.74, 6) is -0.640. The van der Waals surface area contributed by atoms with Gasteiger partial charge in [0.15, 0.2) is 0 Å². The summed E-state index contributed by atoms with van der Waals surface area (Å²) in [6, 6.07) is 8.16. The Morgan fingerprint density at radius 3 is 2.25 bits per heavy atom. The molecule has 4 amide bonds. The molecule has 1 aromatic rings. The van der Waals surface area contributed by atoms with E-state index >= 15 is 0 Å². The minimum atomic E-state index is -1.10. The van der Waals surface area contributed by atoms with Crippen LogP contribution in [0, 0.1) is 11.8 Å². The number of likely N-dealkylation sites (N-methyl/N-ethyl adjacent to an activating group) is 1. The van der Waals surface area contributed by atoms with Gasteiger partial charge in [-0.15, -0.1) is 0 Å². The fourth-order valence-corrected chi connectivity index (χ4v) is 6.39. The molecule has 0 aromatic heterocycles. The van der Waals surface area contributed by atoms with Gasteiger partial charge in [-0.25, -0.2) is 4.79 Å². The molecule has 1 aliphatic carbocycles. The maximum Gasteiger partial charge on any atom is 0.410 e. The van der Waals surface area contributed by atoms with E-state index in [1.807, 2.05) is 58.0 Å². The van der Waals surface area contributed by atoms with E-state index in [9.17, 15) is 24.0 Å². The number of benzene rings is 1. The molecule has 1 aromatic carbocycles. The second kappa shape index (κ2) is 20.0. The summed E-state index contributed by atoms with van der Waals surface area (Å²) >= 11 is 0. The molecule has 0 spiro atoms. The minimum Gasteiger partial charge on any atom is -0.461 e. The van der Waals surface area contributed by atoms with Gasteiger partial charge in [0.1, 0.15) is 18.2 Å². The molecule has 1 aliphatic heterocycles. The second-order valence-electron chi connectivity index (χ2n) is 14.3. The summed E-state index contributed by atoms with van der Waals surface area (Å²) in [5, 5.41) is 5.61. The average molecular weight is 671 g/mol. The van der Waals surface area contributed by atoms with Gasteiger partial charge in [0.2, 0.25) is 17.7 Å². The topological polar surface area (TPSA) is 134 Å². The summed E-state index contributed by atoms with van der Waals surface area (Å²) < 4.78 is 10.9. The van der Waals surface area contributed by atoms with Crippen LogP contribution in [-0.2, 0) is 35.3 Å². The molecular weight excluding hydrogens is 612 g/mol. The molecule has 0 unspecified atom stereocenters. The first-order valence-electron chi connectivity index (χ1n) is 18.0. The van der Waals surface area contributed by atoms with Crippen molar-refractivity contribution in [2.75, 3.05) is 32.7 Å². The number of amides is 4. The molecule has 1 saturated carbocycles. The normalized spacial score (nSPS) is 16.5. The molecule has 48 heavy (non-hydrogen) atoms. The average Bonchev–Trinajstić information content (AvgIpc) is 3.06. The number of carbonyl (C=O) groups excluding carboxylic acids is 5. The Hall–Kier alpha value is -3.63. The number of carbonyl (C=O) groups is 5. The van der Waals surface area contributed by atoms with Crippen molar-refractivity contribution in [1.29, 1.82) is 0 Å². The van der Waals surface area contributed by atoms with Crippen molar-refractivity contribution >= 4 is 29.8 Å². The van der Waals surface area contributed by atoms with Gasteiger partial charge < -0.3 is 29.9 Å². The van der Waals surface area contributed by atoms with Crippen LogP contribution in [0.2, 0.25) is 0 Å². The minimum absolute atomic E-state index is 0.0740. The van der Waals surface area contributed by atoms with Gasteiger partial charge in [-0.2, -0.15) is 0 Å². The van der Waals surface area contributed by atoms with E-state index in [-0.39, 0.29) is 31.6 Å². The first-order chi connectivity index (χ1) is 22.9. The second-order valence-corrected chi connectivity index (χ2v) is 14.3. The van der Waals surface area contributed by atoms with E-state index in [0.717, 1.165) is 44.1 Å². The molecule has 11 heteroatoms. The number of rotatable bonds is 16. The van der Waals surface area contributed by atoms with Crippen LogP contribution in [0.15, 0.2) is 30.3 Å². The maximum atomic E-state index is 13.2. The molecule has 1 heterocycles. The third kappa shape index (κ3) is 14.6. The van der Waals surface area contributed by atoms with Crippen molar-refractivity contribution in [3.8, 4) is 0 Å². The first-order valence-corrected chi connectivity index (χ1v) is 18.0. The van der Waals surface area contributed by atoms with Crippen LogP contribution in [0.4, 0.5) is 4.79 Å². The lowest BCUT2D eigenvalue weighted by molar-refractivity contribution is -0.147. The van der Waals surface area contributed by atoms with Crippen LogP contribution in [-0.4, -0.2) is 84.0 Å². The molecular formula is C37H58N4O7. The summed E-state index contributed by atoms with van der Waals surface area (Å²) in [6.07, 6.45) is 9.89. The van der Waals surface area contributed by atoms with Crippen LogP contribution in [0.25, 0.3) is 0 Å². The SMILES string of the molecule is CCN(CC(=O)N[C@@H](CC(=O)OCc1ccccc1)C(=O)NCCC1CCCCC1)C(=O)CCCC1CCN(C(=O)OC(C)(C)C)CC1. The highest BCUT2D eigenvalue weighted by molar-refractivity contribution is 5.92. The largest absolute Gasteiger partial charge is 0.461 e. The van der Waals surface area contributed by atoms with E-state index in [1.54, 1.807) is 4.90 Å². The molecule has 1 atom stereocenters. The molecule has 11 nitrogen and oxygen atoms in total. The van der Waals surface area contributed by atoms with Gasteiger partial charge in [-0.1, -0.05) is 62.4 Å². The number of nitrogens with one attached hydrogen (secondary N) is 2. The van der Waals surface area contributed by atoms with Crippen molar-refractivity contribution in [3.63, 3.8) is 0 Å². The third-order valence-corrected chi connectivity index (χ3v) is 9.18. The van der Waals surface area contributed by atoms with E-state index in [2.05, 4.69) is 10.6 Å². The van der Waals surface area contributed by atoms with Gasteiger partial charge in [0.05, 0.1) is 13.0 Å². The molecule has 2 fully saturated rings. The Morgan fingerprint density at radius 1 is 0.938 bits per heavy atom. The number of nitrogens with zero attached hydrogens (tertiary/aromatic N) is 2. The zero-order valence-electron chi connectivity index (χ0n) is 29.6. The Kier molecular flexibility index (Phi) is 16.2. The van der Waals surface area contributed by atoms with Crippen LogP contribution >= 0.6 is 0 Å². The molecule has 0 bridgehead atoms. The van der Waals surface area contributed by atoms with Crippen molar-refractivity contribution in [1.82, 2.24) is 20.4 Å². The molecule has 3 rings (SSSR count). The van der Waals surface area contributed by atoms with E-state index in [1.165, 1.54) is 24.2 Å². The standard InChI is InChI=1S/C37H58N4O7/c1-5-40(33(43)18-12-17-29-20-23-41(24-21-29)36(46)48-37(2,3)4)26-32(42)39-31(25-34(44)47-27-30-15-10-7-11-16-30)35(45)38-22-19-28-13-8-6-9-14-28/h7,10-11,15-16,28-29,31H,5-6,8-9,12-14,17-27H2,1-4H3,(H,38,45)(H,39,42)/t31-/m0/s1. The van der Waals surface area contributed by atoms with Gasteiger partial charge >= 0.3 is 12.1 Å². The lowest BCUT2D eigenvalue weighted by Gasteiger charge is -2.33. The lowest BCUT2D eigenvalue weighted by atomic mass is 9.87. The Balaban J connectivity index is 1.45. The molecule has 268 valence electrons. The fraction of sp³-hybridized carbons (Fsp3) is 0.703. The summed E-state index contributed by atoms with van der Waals surface area (Å²) in [5.41, 5.74) is 0.304. The highest BCUT2D eigenvalue weighted by Crippen LogP contribution is 2.26. The molecule has 2 aliphatic rings. The van der Waals surface area contributed by atoms with Gasteiger partial charge in [0, 0.05) is 32.6 Å². The van der Waals surface area contributed by atoms with Crippen molar-refractivity contribution in [2.24, 2.45) is 11.8 Å². The van der Waals surface area contributed by atoms with Gasteiger partial charge in [0.25, 0.3) is 0 Å². The smallest absolute Gasteiger partial charge is 0.410 e. The third-order valence-electron chi connectivity index (χ3n) is 9.18. The number of piperidine rings is 1. The lowest BCUT2D eigenvalue weighted by Crippen LogP contribution is -2.51. The molecule has 0 radical (unpaired) electrons. The Morgan fingerprint density at radius 2 is 1.60 bits per heavy atom. The van der Waals surface area contributed by atoms with Crippen molar-refractivity contribution in [2.45, 2.75) is 123 Å². The van der Waals surface area contributed by atoms with E-state index < -0.39 is 29.4 Å². The highest BCUT2D eigenvalue weighted by Gasteiger charge is 2.28. The van der Waals surface area contributed by atoms with Crippen molar-refractivity contribution in [3.05, 3.63) is 35.9 Å². The summed E-state index contributed by atoms with van der Waals surface area (Å²) in [7, 11) is 0. The quantitative estimate of drug-likeness (QED) is 0.226. The number of hydrogen-bond donors (Lipinski definition) is 2. The number of ether oxygens (including phenoxy) is 2. The van der Waals surface area contributed by atoms with Gasteiger partial charge in [-0.05, 0) is 77.2 Å². The van der Waals surface area contributed by atoms with Crippen LogP contribution < -0.4 is 10.6 Å². The number of esters is 1. The van der Waals surface area contributed by atoms with E-state index in [4.69, 9.17) is 9.47 Å².